The van der Waals surface area contributed by atoms with Gasteiger partial charge in [0.1, 0.15) is 5.01 Å². The van der Waals surface area contributed by atoms with Gasteiger partial charge in [-0.2, -0.15) is 0 Å². The normalized spacial score (nSPS) is 10.5. The van der Waals surface area contributed by atoms with E-state index in [1.807, 2.05) is 26.0 Å². The van der Waals surface area contributed by atoms with Crippen molar-refractivity contribution >= 4 is 33.2 Å². The lowest BCUT2D eigenvalue weighted by Crippen LogP contribution is -2.01. The molecule has 0 aliphatic heterocycles. The van der Waals surface area contributed by atoms with Crippen LogP contribution in [-0.4, -0.2) is 29.3 Å². The number of halogens is 1. The Labute approximate surface area is 141 Å². The van der Waals surface area contributed by atoms with Crippen LogP contribution in [0.5, 0.6) is 11.5 Å². The average Bonchev–Trinajstić information content (AvgIpc) is 2.96. The molecule has 1 heterocycles. The van der Waals surface area contributed by atoms with Gasteiger partial charge in [-0.05, 0) is 41.4 Å². The summed E-state index contributed by atoms with van der Waals surface area (Å²) in [5.74, 6) is 0.240. The van der Waals surface area contributed by atoms with E-state index < -0.39 is 5.97 Å². The highest BCUT2D eigenvalue weighted by Gasteiger charge is 2.16. The average molecular weight is 386 g/mol. The predicted molar refractivity (Wildman–Crippen MR) is 89.2 cm³/mol. The van der Waals surface area contributed by atoms with Gasteiger partial charge in [0.15, 0.2) is 17.2 Å². The van der Waals surface area contributed by atoms with Crippen molar-refractivity contribution in [1.29, 1.82) is 0 Å². The Bertz CT molecular complexity index is 672. The fourth-order valence-corrected chi connectivity index (χ4v) is 3.14. The second-order valence-corrected chi connectivity index (χ2v) is 6.12. The minimum Gasteiger partial charge on any atom is -0.490 e. The topological polar surface area (TPSA) is 68.7 Å². The van der Waals surface area contributed by atoms with Crippen LogP contribution >= 0.6 is 27.3 Å². The third-order valence-corrected chi connectivity index (χ3v) is 4.21. The summed E-state index contributed by atoms with van der Waals surface area (Å²) >= 11 is 4.77. The first-order valence-corrected chi connectivity index (χ1v) is 8.52. The molecule has 0 bridgehead atoms. The van der Waals surface area contributed by atoms with Gasteiger partial charge in [0, 0.05) is 10.9 Å². The van der Waals surface area contributed by atoms with Crippen molar-refractivity contribution < 1.29 is 19.4 Å². The molecule has 0 atom stereocenters. The fraction of sp³-hybridized carbons (Fsp3) is 0.333. The number of aromatic carboxylic acids is 1. The number of ether oxygens (including phenoxy) is 2. The van der Waals surface area contributed by atoms with E-state index in [1.165, 1.54) is 16.7 Å². The van der Waals surface area contributed by atoms with Gasteiger partial charge in [-0.15, -0.1) is 11.3 Å². The molecule has 0 saturated heterocycles. The maximum atomic E-state index is 10.9. The Kier molecular flexibility index (Phi) is 5.79. The lowest BCUT2D eigenvalue weighted by Gasteiger charge is -2.14. The summed E-state index contributed by atoms with van der Waals surface area (Å²) in [4.78, 5) is 15.1. The second kappa shape index (κ2) is 7.60. The first kappa shape index (κ1) is 16.8. The molecule has 1 N–H and O–H groups in total. The van der Waals surface area contributed by atoms with Gasteiger partial charge < -0.3 is 14.6 Å². The molecule has 22 heavy (non-hydrogen) atoms. The quantitative estimate of drug-likeness (QED) is 0.761. The molecule has 0 spiro atoms. The van der Waals surface area contributed by atoms with Crippen molar-refractivity contribution in [3.63, 3.8) is 0 Å². The standard InChI is InChI=1S/C15H16BrNO4S/c1-3-5-21-13-10(16)6-9(7-12(13)20-4-2)14-17-11(8-22-14)15(18)19/h6-8H,3-5H2,1-2H3,(H,18,19). The number of carboxylic acids is 1. The summed E-state index contributed by atoms with van der Waals surface area (Å²) in [7, 11) is 0. The molecule has 0 aliphatic rings. The minimum atomic E-state index is -1.03. The van der Waals surface area contributed by atoms with Crippen molar-refractivity contribution in [2.75, 3.05) is 13.2 Å². The van der Waals surface area contributed by atoms with Gasteiger partial charge >= 0.3 is 5.97 Å². The van der Waals surface area contributed by atoms with Crippen LogP contribution in [-0.2, 0) is 0 Å². The first-order chi connectivity index (χ1) is 10.6. The Morgan fingerprint density at radius 3 is 2.73 bits per heavy atom. The molecule has 7 heteroatoms. The van der Waals surface area contributed by atoms with E-state index in [9.17, 15) is 4.79 Å². The number of aromatic nitrogens is 1. The lowest BCUT2D eigenvalue weighted by molar-refractivity contribution is 0.0691. The molecule has 1 aromatic carbocycles. The van der Waals surface area contributed by atoms with Crippen LogP contribution in [0.4, 0.5) is 0 Å². The van der Waals surface area contributed by atoms with E-state index in [0.717, 1.165) is 16.5 Å². The molecule has 2 rings (SSSR count). The number of carbonyl (C=O) groups is 1. The van der Waals surface area contributed by atoms with E-state index in [2.05, 4.69) is 20.9 Å². The number of hydrogen-bond donors (Lipinski definition) is 1. The van der Waals surface area contributed by atoms with Crippen molar-refractivity contribution in [1.82, 2.24) is 4.98 Å². The number of carboxylic acid groups (broad SMARTS) is 1. The van der Waals surface area contributed by atoms with Crippen molar-refractivity contribution in [2.24, 2.45) is 0 Å². The molecule has 0 fully saturated rings. The number of rotatable bonds is 7. The Morgan fingerprint density at radius 1 is 1.36 bits per heavy atom. The van der Waals surface area contributed by atoms with Gasteiger partial charge in [-0.3, -0.25) is 0 Å². The van der Waals surface area contributed by atoms with Crippen LogP contribution in [0.3, 0.4) is 0 Å². The highest BCUT2D eigenvalue weighted by Crippen LogP contribution is 2.40. The summed E-state index contributed by atoms with van der Waals surface area (Å²) in [6.07, 6.45) is 0.897. The minimum absolute atomic E-state index is 0.0420. The molecule has 0 amide bonds. The summed E-state index contributed by atoms with van der Waals surface area (Å²) in [5, 5.41) is 11.1. The van der Waals surface area contributed by atoms with Crippen LogP contribution in [0.2, 0.25) is 0 Å². The van der Waals surface area contributed by atoms with E-state index in [1.54, 1.807) is 0 Å². The smallest absolute Gasteiger partial charge is 0.355 e. The second-order valence-electron chi connectivity index (χ2n) is 4.41. The Balaban J connectivity index is 2.41. The zero-order chi connectivity index (χ0) is 16.1. The summed E-state index contributed by atoms with van der Waals surface area (Å²) in [5.41, 5.74) is 0.831. The molecule has 5 nitrogen and oxygen atoms in total. The van der Waals surface area contributed by atoms with E-state index >= 15 is 0 Å². The first-order valence-electron chi connectivity index (χ1n) is 6.85. The third-order valence-electron chi connectivity index (χ3n) is 2.73. The molecular weight excluding hydrogens is 370 g/mol. The molecule has 118 valence electrons. The molecule has 2 aromatic rings. The van der Waals surface area contributed by atoms with Gasteiger partial charge in [-0.1, -0.05) is 6.92 Å². The molecule has 0 saturated carbocycles. The van der Waals surface area contributed by atoms with Crippen molar-refractivity contribution in [3.8, 4) is 22.1 Å². The van der Waals surface area contributed by atoms with Gasteiger partial charge in [0.25, 0.3) is 0 Å². The molecule has 1 aromatic heterocycles. The number of nitrogens with zero attached hydrogens (tertiary/aromatic N) is 1. The van der Waals surface area contributed by atoms with Crippen LogP contribution in [0, 0.1) is 0 Å². The summed E-state index contributed by atoms with van der Waals surface area (Å²) < 4.78 is 12.1. The zero-order valence-corrected chi connectivity index (χ0v) is 14.7. The molecule has 0 radical (unpaired) electrons. The van der Waals surface area contributed by atoms with E-state index in [0.29, 0.717) is 29.7 Å². The fourth-order valence-electron chi connectivity index (χ4n) is 1.80. The maximum Gasteiger partial charge on any atom is 0.355 e. The van der Waals surface area contributed by atoms with Crippen LogP contribution in [0.25, 0.3) is 10.6 Å². The van der Waals surface area contributed by atoms with Crippen molar-refractivity contribution in [2.45, 2.75) is 20.3 Å². The Morgan fingerprint density at radius 2 is 2.14 bits per heavy atom. The van der Waals surface area contributed by atoms with Gasteiger partial charge in [-0.25, -0.2) is 9.78 Å². The predicted octanol–water partition coefficient (Wildman–Crippen LogP) is 4.46. The van der Waals surface area contributed by atoms with Crippen LogP contribution in [0.15, 0.2) is 22.0 Å². The van der Waals surface area contributed by atoms with Gasteiger partial charge in [0.2, 0.25) is 0 Å². The third kappa shape index (κ3) is 3.78. The summed E-state index contributed by atoms with van der Waals surface area (Å²) in [6.45, 7) is 5.04. The van der Waals surface area contributed by atoms with E-state index in [-0.39, 0.29) is 5.69 Å². The lowest BCUT2D eigenvalue weighted by atomic mass is 10.2. The maximum absolute atomic E-state index is 10.9. The zero-order valence-electron chi connectivity index (χ0n) is 12.3. The highest BCUT2D eigenvalue weighted by molar-refractivity contribution is 9.10. The number of hydrogen-bond acceptors (Lipinski definition) is 5. The number of thiazole rings is 1. The monoisotopic (exact) mass is 385 g/mol. The largest absolute Gasteiger partial charge is 0.490 e. The Hall–Kier alpha value is -1.60. The van der Waals surface area contributed by atoms with Crippen molar-refractivity contribution in [3.05, 3.63) is 27.7 Å². The van der Waals surface area contributed by atoms with Crippen LogP contribution < -0.4 is 9.47 Å². The SMILES string of the molecule is CCCOc1c(Br)cc(-c2nc(C(=O)O)cs2)cc1OCC. The molecule has 0 aliphatic carbocycles. The van der Waals surface area contributed by atoms with Gasteiger partial charge in [0.05, 0.1) is 17.7 Å². The molecular formula is C15H16BrNO4S. The highest BCUT2D eigenvalue weighted by atomic mass is 79.9. The van der Waals surface area contributed by atoms with Crippen LogP contribution in [0.1, 0.15) is 30.8 Å². The number of benzene rings is 1. The molecule has 0 unspecified atom stereocenters. The van der Waals surface area contributed by atoms with E-state index in [4.69, 9.17) is 14.6 Å². The summed E-state index contributed by atoms with van der Waals surface area (Å²) in [6, 6.07) is 3.68.